The quantitative estimate of drug-likeness (QED) is 0.899. The third-order valence-electron chi connectivity index (χ3n) is 3.14. The van der Waals surface area contributed by atoms with Gasteiger partial charge in [0.15, 0.2) is 0 Å². The molecule has 0 bridgehead atoms. The number of benzene rings is 1. The highest BCUT2D eigenvalue weighted by atomic mass is 16.5. The number of furan rings is 1. The van der Waals surface area contributed by atoms with E-state index in [1.54, 1.807) is 0 Å². The molecule has 2 rings (SSSR count). The minimum Gasteiger partial charge on any atom is -0.458 e. The van der Waals surface area contributed by atoms with Crippen LogP contribution >= 0.6 is 0 Å². The Balaban J connectivity index is 2.36. The van der Waals surface area contributed by atoms with E-state index in [1.807, 2.05) is 52.0 Å². The van der Waals surface area contributed by atoms with Gasteiger partial charge in [0.1, 0.15) is 17.4 Å². The number of ether oxygens (including phenoxy) is 1. The van der Waals surface area contributed by atoms with Gasteiger partial charge in [-0.2, -0.15) is 0 Å². The summed E-state index contributed by atoms with van der Waals surface area (Å²) in [4.78, 5) is 0. The average Bonchev–Trinajstić information content (AvgIpc) is 2.70. The average molecular weight is 248 g/mol. The van der Waals surface area contributed by atoms with Crippen LogP contribution in [0.25, 0.3) is 11.0 Å². The van der Waals surface area contributed by atoms with Crippen LogP contribution < -0.4 is 0 Å². The molecular formula is C15H20O3. The van der Waals surface area contributed by atoms with Crippen LogP contribution in [0.1, 0.15) is 38.2 Å². The molecule has 1 unspecified atom stereocenters. The highest BCUT2D eigenvalue weighted by molar-refractivity contribution is 5.78. The van der Waals surface area contributed by atoms with Crippen molar-refractivity contribution in [1.29, 1.82) is 0 Å². The maximum absolute atomic E-state index is 10.3. The normalized spacial score (nSPS) is 14.1. The number of aliphatic hydroxyl groups is 1. The van der Waals surface area contributed by atoms with Crippen molar-refractivity contribution in [3.05, 3.63) is 35.6 Å². The molecule has 0 radical (unpaired) electrons. The van der Waals surface area contributed by atoms with Gasteiger partial charge < -0.3 is 14.3 Å². The Kier molecular flexibility index (Phi) is 3.46. The van der Waals surface area contributed by atoms with Crippen molar-refractivity contribution in [3.8, 4) is 0 Å². The van der Waals surface area contributed by atoms with Crippen LogP contribution in [0.4, 0.5) is 0 Å². The van der Waals surface area contributed by atoms with Gasteiger partial charge >= 0.3 is 0 Å². The molecule has 0 saturated carbocycles. The van der Waals surface area contributed by atoms with E-state index in [0.29, 0.717) is 12.4 Å². The van der Waals surface area contributed by atoms with Gasteiger partial charge in [-0.05, 0) is 45.9 Å². The molecule has 2 aromatic rings. The molecule has 98 valence electrons. The summed E-state index contributed by atoms with van der Waals surface area (Å²) in [5.41, 5.74) is 1.31. The van der Waals surface area contributed by atoms with E-state index in [1.165, 1.54) is 5.56 Å². The Hall–Kier alpha value is -1.32. The van der Waals surface area contributed by atoms with Crippen molar-refractivity contribution < 1.29 is 14.3 Å². The van der Waals surface area contributed by atoms with Crippen molar-refractivity contribution in [1.82, 2.24) is 0 Å². The van der Waals surface area contributed by atoms with E-state index >= 15 is 0 Å². The van der Waals surface area contributed by atoms with Gasteiger partial charge in [-0.25, -0.2) is 0 Å². The Labute approximate surface area is 107 Å². The molecule has 3 heteroatoms. The molecule has 0 aliphatic carbocycles. The Morgan fingerprint density at radius 3 is 2.72 bits per heavy atom. The minimum absolute atomic E-state index is 0.550. The predicted molar refractivity (Wildman–Crippen MR) is 71.6 cm³/mol. The summed E-state index contributed by atoms with van der Waals surface area (Å²) in [5.74, 6) is 0.550. The summed E-state index contributed by atoms with van der Waals surface area (Å²) in [5, 5.41) is 11.3. The first-order valence-corrected chi connectivity index (χ1v) is 6.26. The summed E-state index contributed by atoms with van der Waals surface area (Å²) in [6, 6.07) is 7.85. The smallest absolute Gasteiger partial charge is 0.140 e. The predicted octanol–water partition coefficient (Wildman–Crippen LogP) is 3.59. The second-order valence-corrected chi connectivity index (χ2v) is 5.13. The van der Waals surface area contributed by atoms with E-state index in [0.717, 1.165) is 11.0 Å². The van der Waals surface area contributed by atoms with Crippen LogP contribution in [-0.2, 0) is 4.74 Å². The molecule has 0 amide bonds. The van der Waals surface area contributed by atoms with E-state index in [9.17, 15) is 5.11 Å². The van der Waals surface area contributed by atoms with E-state index in [-0.39, 0.29) is 0 Å². The first kappa shape index (κ1) is 13.1. The van der Waals surface area contributed by atoms with Crippen LogP contribution in [0.2, 0.25) is 0 Å². The monoisotopic (exact) mass is 248 g/mol. The molecule has 1 aromatic carbocycles. The molecule has 1 aromatic heterocycles. The van der Waals surface area contributed by atoms with Crippen LogP contribution in [0.15, 0.2) is 28.7 Å². The first-order chi connectivity index (χ1) is 8.44. The molecule has 0 aliphatic heterocycles. The standard InChI is InChI=1S/C15H20O3/c1-5-17-15(3,4)14(16)13-9-11-8-10(2)6-7-12(11)18-13/h6-9,14,16H,5H2,1-4H3. The molecule has 3 nitrogen and oxygen atoms in total. The van der Waals surface area contributed by atoms with E-state index in [4.69, 9.17) is 9.15 Å². The van der Waals surface area contributed by atoms with E-state index < -0.39 is 11.7 Å². The van der Waals surface area contributed by atoms with Crippen LogP contribution in [0.5, 0.6) is 0 Å². The SMILES string of the molecule is CCOC(C)(C)C(O)c1cc2cc(C)ccc2o1. The summed E-state index contributed by atoms with van der Waals surface area (Å²) in [7, 11) is 0. The maximum atomic E-state index is 10.3. The second-order valence-electron chi connectivity index (χ2n) is 5.13. The maximum Gasteiger partial charge on any atom is 0.140 e. The molecule has 1 heterocycles. The van der Waals surface area contributed by atoms with Gasteiger partial charge in [0.2, 0.25) is 0 Å². The third-order valence-corrected chi connectivity index (χ3v) is 3.14. The Morgan fingerprint density at radius 1 is 1.33 bits per heavy atom. The van der Waals surface area contributed by atoms with Crippen LogP contribution in [0, 0.1) is 6.92 Å². The summed E-state index contributed by atoms with van der Waals surface area (Å²) < 4.78 is 11.2. The molecule has 0 saturated heterocycles. The first-order valence-electron chi connectivity index (χ1n) is 6.26. The lowest BCUT2D eigenvalue weighted by atomic mass is 9.99. The third kappa shape index (κ3) is 2.42. The molecule has 1 N–H and O–H groups in total. The topological polar surface area (TPSA) is 42.6 Å². The molecular weight excluding hydrogens is 228 g/mol. The van der Waals surface area contributed by atoms with Crippen molar-refractivity contribution >= 4 is 11.0 Å². The number of hydrogen-bond acceptors (Lipinski definition) is 3. The zero-order valence-electron chi connectivity index (χ0n) is 11.4. The Bertz CT molecular complexity index is 540. The van der Waals surface area contributed by atoms with Gasteiger partial charge in [-0.3, -0.25) is 0 Å². The summed E-state index contributed by atoms with van der Waals surface area (Å²) in [6.45, 7) is 8.23. The fourth-order valence-corrected chi connectivity index (χ4v) is 2.11. The number of hydrogen-bond donors (Lipinski definition) is 1. The Morgan fingerprint density at radius 2 is 2.06 bits per heavy atom. The number of rotatable bonds is 4. The van der Waals surface area contributed by atoms with Gasteiger partial charge in [0.05, 0.1) is 5.60 Å². The van der Waals surface area contributed by atoms with Crippen LogP contribution in [-0.4, -0.2) is 17.3 Å². The number of aryl methyl sites for hydroxylation is 1. The highest BCUT2D eigenvalue weighted by Crippen LogP contribution is 2.32. The fraction of sp³-hybridized carbons (Fsp3) is 0.467. The molecule has 1 atom stereocenters. The number of aliphatic hydroxyl groups excluding tert-OH is 1. The van der Waals surface area contributed by atoms with E-state index in [2.05, 4.69) is 0 Å². The van der Waals surface area contributed by atoms with Crippen molar-refractivity contribution in [2.75, 3.05) is 6.61 Å². The zero-order valence-corrected chi connectivity index (χ0v) is 11.4. The lowest BCUT2D eigenvalue weighted by Crippen LogP contribution is -2.32. The van der Waals surface area contributed by atoms with Gasteiger partial charge in [-0.1, -0.05) is 11.6 Å². The summed E-state index contributed by atoms with van der Waals surface area (Å²) >= 11 is 0. The van der Waals surface area contributed by atoms with Crippen molar-refractivity contribution in [3.63, 3.8) is 0 Å². The number of fused-ring (bicyclic) bond motifs is 1. The molecule has 18 heavy (non-hydrogen) atoms. The lowest BCUT2D eigenvalue weighted by Gasteiger charge is -2.28. The molecule has 0 fully saturated rings. The van der Waals surface area contributed by atoms with Gasteiger partial charge in [0, 0.05) is 12.0 Å². The van der Waals surface area contributed by atoms with Gasteiger partial charge in [0.25, 0.3) is 0 Å². The largest absolute Gasteiger partial charge is 0.458 e. The van der Waals surface area contributed by atoms with Gasteiger partial charge in [-0.15, -0.1) is 0 Å². The summed E-state index contributed by atoms with van der Waals surface area (Å²) in [6.07, 6.45) is -0.773. The van der Waals surface area contributed by atoms with Crippen molar-refractivity contribution in [2.24, 2.45) is 0 Å². The highest BCUT2D eigenvalue weighted by Gasteiger charge is 2.32. The fourth-order valence-electron chi connectivity index (χ4n) is 2.11. The lowest BCUT2D eigenvalue weighted by molar-refractivity contribution is -0.105. The van der Waals surface area contributed by atoms with Crippen LogP contribution in [0.3, 0.4) is 0 Å². The second kappa shape index (κ2) is 4.75. The minimum atomic E-state index is -0.773. The molecule has 0 spiro atoms. The molecule has 0 aliphatic rings. The van der Waals surface area contributed by atoms with Crippen molar-refractivity contribution in [2.45, 2.75) is 39.4 Å². The zero-order chi connectivity index (χ0) is 13.3.